The molecule has 2 N–H and O–H groups in total. The minimum absolute atomic E-state index is 0.116. The number of rotatable bonds is 8. The van der Waals surface area contributed by atoms with Crippen LogP contribution < -0.4 is 5.32 Å². The van der Waals surface area contributed by atoms with Crippen molar-refractivity contribution >= 4 is 5.57 Å². The number of aliphatic hydroxyl groups is 1. The Morgan fingerprint density at radius 3 is 2.30 bits per heavy atom. The van der Waals surface area contributed by atoms with Crippen LogP contribution >= 0.6 is 0 Å². The standard InChI is InChI=1S/C41H64N2O/c1-28(2)31-17-22-41(42-25-10-26-43(8)9)24-23-39(6)33(36(31)41)15-16-35-38(5)20-18-32(30-13-11-29(27-44)12-14-30)37(3,4)34(38)19-21-40(35,39)7/h11-14,18,31,33-36,42,44H,1,10,15-17,19-27H2,2-9H3. The minimum atomic E-state index is 0.116. The largest absolute Gasteiger partial charge is 0.392 e. The summed E-state index contributed by atoms with van der Waals surface area (Å²) in [6.45, 7) is 22.7. The lowest BCUT2D eigenvalue weighted by Crippen LogP contribution is -2.68. The monoisotopic (exact) mass is 601 g/mol. The van der Waals surface area contributed by atoms with E-state index in [0.29, 0.717) is 33.6 Å². The van der Waals surface area contributed by atoms with Gasteiger partial charge in [0, 0.05) is 5.54 Å². The highest BCUT2D eigenvalue weighted by molar-refractivity contribution is 5.71. The van der Waals surface area contributed by atoms with Gasteiger partial charge < -0.3 is 15.3 Å². The molecule has 5 aliphatic rings. The van der Waals surface area contributed by atoms with Crippen molar-refractivity contribution in [3.8, 4) is 0 Å². The summed E-state index contributed by atoms with van der Waals surface area (Å²) >= 11 is 0. The van der Waals surface area contributed by atoms with Crippen LogP contribution in [0.1, 0.15) is 117 Å². The molecule has 0 spiro atoms. The summed E-state index contributed by atoms with van der Waals surface area (Å²) in [5, 5.41) is 13.9. The number of fused-ring (bicyclic) bond motifs is 7. The van der Waals surface area contributed by atoms with Crippen LogP contribution in [-0.4, -0.2) is 42.7 Å². The molecular weight excluding hydrogens is 536 g/mol. The van der Waals surface area contributed by atoms with Crippen molar-refractivity contribution in [2.75, 3.05) is 27.2 Å². The van der Waals surface area contributed by atoms with Crippen LogP contribution in [0.15, 0.2) is 42.5 Å². The quantitative estimate of drug-likeness (QED) is 0.231. The molecule has 0 radical (unpaired) electrons. The molecule has 0 saturated heterocycles. The second kappa shape index (κ2) is 11.4. The Morgan fingerprint density at radius 1 is 0.909 bits per heavy atom. The number of hydrogen-bond acceptors (Lipinski definition) is 3. The highest BCUT2D eigenvalue weighted by Crippen LogP contribution is 2.76. The molecule has 9 unspecified atom stereocenters. The summed E-state index contributed by atoms with van der Waals surface area (Å²) in [7, 11) is 4.40. The van der Waals surface area contributed by atoms with Gasteiger partial charge in [0.15, 0.2) is 0 Å². The third-order valence-electron chi connectivity index (χ3n) is 15.4. The van der Waals surface area contributed by atoms with E-state index in [1.807, 2.05) is 0 Å². The van der Waals surface area contributed by atoms with Crippen molar-refractivity contribution in [1.29, 1.82) is 0 Å². The van der Waals surface area contributed by atoms with Crippen molar-refractivity contribution in [2.24, 2.45) is 51.2 Å². The Hall–Kier alpha value is -1.42. The van der Waals surface area contributed by atoms with Gasteiger partial charge in [0.1, 0.15) is 0 Å². The average molecular weight is 601 g/mol. The molecule has 0 amide bonds. The van der Waals surface area contributed by atoms with Gasteiger partial charge in [-0.15, -0.1) is 0 Å². The summed E-state index contributed by atoms with van der Waals surface area (Å²) in [6.07, 6.45) is 16.0. The van der Waals surface area contributed by atoms with Crippen molar-refractivity contribution < 1.29 is 5.11 Å². The van der Waals surface area contributed by atoms with Crippen LogP contribution in [0.3, 0.4) is 0 Å². The number of benzene rings is 1. The predicted octanol–water partition coefficient (Wildman–Crippen LogP) is 9.12. The third-order valence-corrected chi connectivity index (χ3v) is 15.4. The second-order valence-corrected chi connectivity index (χ2v) is 17.8. The van der Waals surface area contributed by atoms with E-state index >= 15 is 0 Å². The molecule has 0 aliphatic heterocycles. The molecule has 9 atom stereocenters. The fourth-order valence-corrected chi connectivity index (χ4v) is 13.1. The van der Waals surface area contributed by atoms with Gasteiger partial charge in [-0.1, -0.05) is 77.1 Å². The fourth-order valence-electron chi connectivity index (χ4n) is 13.1. The first-order valence-electron chi connectivity index (χ1n) is 18.2. The number of nitrogens with one attached hydrogen (secondary N) is 1. The number of nitrogens with zero attached hydrogens (tertiary/aromatic N) is 1. The Balaban J connectivity index is 1.31. The van der Waals surface area contributed by atoms with E-state index in [9.17, 15) is 5.11 Å². The van der Waals surface area contributed by atoms with Crippen LogP contribution in [0.2, 0.25) is 0 Å². The average Bonchev–Trinajstić information content (AvgIpc) is 3.36. The normalized spacial score (nSPS) is 42.6. The molecule has 4 saturated carbocycles. The number of hydrogen-bond donors (Lipinski definition) is 2. The van der Waals surface area contributed by atoms with E-state index < -0.39 is 0 Å². The molecule has 5 aliphatic carbocycles. The van der Waals surface area contributed by atoms with Crippen LogP contribution in [0.4, 0.5) is 0 Å². The molecule has 1 aromatic carbocycles. The number of aliphatic hydroxyl groups excluding tert-OH is 1. The van der Waals surface area contributed by atoms with E-state index in [1.54, 1.807) is 0 Å². The van der Waals surface area contributed by atoms with Gasteiger partial charge in [-0.2, -0.15) is 0 Å². The van der Waals surface area contributed by atoms with Gasteiger partial charge in [0.25, 0.3) is 0 Å². The smallest absolute Gasteiger partial charge is 0.0681 e. The molecule has 244 valence electrons. The molecule has 0 aromatic heterocycles. The van der Waals surface area contributed by atoms with Gasteiger partial charge in [0.2, 0.25) is 0 Å². The topological polar surface area (TPSA) is 35.5 Å². The van der Waals surface area contributed by atoms with Gasteiger partial charge in [0.05, 0.1) is 6.61 Å². The van der Waals surface area contributed by atoms with Crippen LogP contribution in [-0.2, 0) is 6.61 Å². The Morgan fingerprint density at radius 2 is 1.64 bits per heavy atom. The molecule has 6 rings (SSSR count). The highest BCUT2D eigenvalue weighted by Gasteiger charge is 2.70. The Labute approximate surface area is 270 Å². The maximum absolute atomic E-state index is 9.62. The Kier molecular flexibility index (Phi) is 8.41. The summed E-state index contributed by atoms with van der Waals surface area (Å²) in [4.78, 5) is 2.33. The first-order chi connectivity index (χ1) is 20.7. The third kappa shape index (κ3) is 4.76. The molecule has 44 heavy (non-hydrogen) atoms. The summed E-state index contributed by atoms with van der Waals surface area (Å²) in [5.74, 6) is 3.66. The zero-order valence-corrected chi connectivity index (χ0v) is 29.6. The highest BCUT2D eigenvalue weighted by atomic mass is 16.3. The zero-order valence-electron chi connectivity index (χ0n) is 29.6. The van der Waals surface area contributed by atoms with Crippen LogP contribution in [0, 0.1) is 51.2 Å². The van der Waals surface area contributed by atoms with Crippen molar-refractivity contribution in [1.82, 2.24) is 10.2 Å². The van der Waals surface area contributed by atoms with Crippen molar-refractivity contribution in [2.45, 2.75) is 118 Å². The maximum atomic E-state index is 9.62. The van der Waals surface area contributed by atoms with E-state index in [-0.39, 0.29) is 12.0 Å². The fraction of sp³-hybridized carbons (Fsp3) is 0.756. The maximum Gasteiger partial charge on any atom is 0.0681 e. The van der Waals surface area contributed by atoms with E-state index in [2.05, 4.69) is 103 Å². The molecule has 3 heteroatoms. The minimum Gasteiger partial charge on any atom is -0.392 e. The zero-order chi connectivity index (χ0) is 31.7. The van der Waals surface area contributed by atoms with E-state index in [0.717, 1.165) is 29.9 Å². The molecule has 0 bridgehead atoms. The van der Waals surface area contributed by atoms with Gasteiger partial charge in [-0.3, -0.25) is 0 Å². The van der Waals surface area contributed by atoms with Crippen LogP contribution in [0.25, 0.3) is 5.57 Å². The lowest BCUT2D eigenvalue weighted by atomic mass is 9.33. The lowest BCUT2D eigenvalue weighted by molar-refractivity contribution is -0.219. The van der Waals surface area contributed by atoms with Crippen LogP contribution in [0.5, 0.6) is 0 Å². The predicted molar refractivity (Wildman–Crippen MR) is 186 cm³/mol. The number of allylic oxidation sites excluding steroid dienone is 3. The first kappa shape index (κ1) is 32.5. The Bertz CT molecular complexity index is 1260. The lowest BCUT2D eigenvalue weighted by Gasteiger charge is -2.72. The first-order valence-corrected chi connectivity index (χ1v) is 18.2. The van der Waals surface area contributed by atoms with Crippen molar-refractivity contribution in [3.63, 3.8) is 0 Å². The summed E-state index contributed by atoms with van der Waals surface area (Å²) in [6, 6.07) is 8.73. The molecule has 1 aromatic rings. The summed E-state index contributed by atoms with van der Waals surface area (Å²) < 4.78 is 0. The molecule has 3 nitrogen and oxygen atoms in total. The summed E-state index contributed by atoms with van der Waals surface area (Å²) in [5.41, 5.74) is 6.88. The second-order valence-electron chi connectivity index (χ2n) is 17.8. The van der Waals surface area contributed by atoms with Gasteiger partial charge in [-0.25, -0.2) is 0 Å². The SMILES string of the molecule is C=C(C)C1CCC2(NCCCN(C)C)CCC3(C)C(CCC4C5(C)CC=C(c6ccc(CO)cc6)C(C)(C)C5CCC43C)C12. The molecular formula is C41H64N2O. The van der Waals surface area contributed by atoms with E-state index in [4.69, 9.17) is 0 Å². The van der Waals surface area contributed by atoms with Crippen molar-refractivity contribution in [3.05, 3.63) is 53.6 Å². The van der Waals surface area contributed by atoms with E-state index in [1.165, 1.54) is 87.5 Å². The van der Waals surface area contributed by atoms with Gasteiger partial charge >= 0.3 is 0 Å². The molecule has 0 heterocycles. The molecule has 4 fully saturated rings. The van der Waals surface area contributed by atoms with Gasteiger partial charge in [-0.05, 0) is 166 Å².